The zero-order valence-corrected chi connectivity index (χ0v) is 14.0. The van der Waals surface area contributed by atoms with Crippen molar-refractivity contribution in [1.29, 1.82) is 5.26 Å². The van der Waals surface area contributed by atoms with E-state index in [-0.39, 0.29) is 5.69 Å². The number of rotatable bonds is 4. The fraction of sp³-hybridized carbons (Fsp3) is 0.438. The van der Waals surface area contributed by atoms with Crippen molar-refractivity contribution in [2.24, 2.45) is 0 Å². The first-order valence-electron chi connectivity index (χ1n) is 7.79. The first-order chi connectivity index (χ1) is 12.0. The largest absolute Gasteiger partial charge is 0.309 e. The van der Waals surface area contributed by atoms with Gasteiger partial charge in [-0.15, -0.1) is 11.3 Å². The van der Waals surface area contributed by atoms with E-state index in [9.17, 15) is 23.2 Å². The van der Waals surface area contributed by atoms with Crippen LogP contribution >= 0.6 is 11.3 Å². The molecular weight excluding hydrogens is 353 g/mol. The number of hydrogen-bond acceptors (Lipinski definition) is 5. The van der Waals surface area contributed by atoms with Crippen LogP contribution < -0.4 is 10.6 Å². The fourth-order valence-corrected chi connectivity index (χ4v) is 3.57. The SMILES string of the molecule is N#Cc1c(C(F)(F)CF)cc(-c2nccs2)n(N2CCCCC2)c1=O. The van der Waals surface area contributed by atoms with Crippen LogP contribution in [0, 0.1) is 11.3 Å². The summed E-state index contributed by atoms with van der Waals surface area (Å²) in [4.78, 5) is 16.9. The topological polar surface area (TPSA) is 61.9 Å². The minimum absolute atomic E-state index is 0.157. The molecule has 0 bridgehead atoms. The molecule has 132 valence electrons. The van der Waals surface area contributed by atoms with Gasteiger partial charge in [0.1, 0.15) is 22.3 Å². The first-order valence-corrected chi connectivity index (χ1v) is 8.67. The van der Waals surface area contributed by atoms with E-state index in [1.165, 1.54) is 28.3 Å². The van der Waals surface area contributed by atoms with Gasteiger partial charge in [-0.05, 0) is 25.3 Å². The summed E-state index contributed by atoms with van der Waals surface area (Å²) < 4.78 is 42.1. The average Bonchev–Trinajstić information content (AvgIpc) is 3.16. The summed E-state index contributed by atoms with van der Waals surface area (Å²) in [7, 11) is 0. The standard InChI is InChI=1S/C16H15F3N4OS/c17-10-16(18,19)12-8-13(14-21-4-7-25-14)23(15(24)11(12)9-20)22-5-2-1-3-6-22/h4,7-8H,1-3,5-6,10H2. The molecule has 1 saturated heterocycles. The van der Waals surface area contributed by atoms with Crippen LogP contribution in [-0.4, -0.2) is 29.4 Å². The van der Waals surface area contributed by atoms with Gasteiger partial charge in [-0.1, -0.05) is 0 Å². The molecule has 5 nitrogen and oxygen atoms in total. The summed E-state index contributed by atoms with van der Waals surface area (Å²) in [6.45, 7) is -0.837. The summed E-state index contributed by atoms with van der Waals surface area (Å²) in [6.07, 6.45) is 4.22. The third-order valence-electron chi connectivity index (χ3n) is 4.13. The zero-order chi connectivity index (χ0) is 18.0. The molecule has 1 fully saturated rings. The quantitative estimate of drug-likeness (QED) is 0.832. The molecule has 0 saturated carbocycles. The van der Waals surface area contributed by atoms with Crippen molar-refractivity contribution in [3.8, 4) is 16.8 Å². The Balaban J connectivity index is 2.30. The molecule has 0 N–H and O–H groups in total. The first kappa shape index (κ1) is 17.5. The lowest BCUT2D eigenvalue weighted by atomic mass is 10.0. The van der Waals surface area contributed by atoms with Gasteiger partial charge in [0.15, 0.2) is 6.67 Å². The van der Waals surface area contributed by atoms with E-state index in [4.69, 9.17) is 0 Å². The lowest BCUT2D eigenvalue weighted by molar-refractivity contribution is -0.0285. The summed E-state index contributed by atoms with van der Waals surface area (Å²) >= 11 is 1.18. The van der Waals surface area contributed by atoms with Gasteiger partial charge < -0.3 is 5.01 Å². The fourth-order valence-electron chi connectivity index (χ4n) is 2.93. The molecule has 0 unspecified atom stereocenters. The Labute approximate surface area is 145 Å². The number of hydrogen-bond donors (Lipinski definition) is 0. The van der Waals surface area contributed by atoms with E-state index in [0.717, 1.165) is 25.3 Å². The summed E-state index contributed by atoms with van der Waals surface area (Å²) in [5.41, 5.74) is -2.32. The molecule has 3 rings (SSSR count). The maximum atomic E-state index is 14.0. The second-order valence-electron chi connectivity index (χ2n) is 5.74. The minimum Gasteiger partial charge on any atom is -0.309 e. The van der Waals surface area contributed by atoms with Gasteiger partial charge in [0.2, 0.25) is 0 Å². The molecule has 0 aliphatic carbocycles. The number of nitriles is 1. The highest BCUT2D eigenvalue weighted by Crippen LogP contribution is 2.33. The van der Waals surface area contributed by atoms with Gasteiger partial charge in [0.05, 0.1) is 0 Å². The van der Waals surface area contributed by atoms with Crippen LogP contribution in [-0.2, 0) is 5.92 Å². The van der Waals surface area contributed by atoms with Gasteiger partial charge in [0, 0.05) is 30.2 Å². The predicted molar refractivity (Wildman–Crippen MR) is 88.2 cm³/mol. The summed E-state index contributed by atoms with van der Waals surface area (Å²) in [6, 6.07) is 2.55. The van der Waals surface area contributed by atoms with Crippen LogP contribution in [0.5, 0.6) is 0 Å². The number of alkyl halides is 3. The maximum absolute atomic E-state index is 14.0. The lowest BCUT2D eigenvalue weighted by Crippen LogP contribution is -2.47. The minimum atomic E-state index is -3.91. The van der Waals surface area contributed by atoms with Crippen molar-refractivity contribution in [2.75, 3.05) is 24.8 Å². The van der Waals surface area contributed by atoms with E-state index in [2.05, 4.69) is 4.98 Å². The molecule has 0 amide bonds. The molecule has 0 radical (unpaired) electrons. The normalized spacial score (nSPS) is 15.2. The van der Waals surface area contributed by atoms with E-state index in [1.807, 2.05) is 0 Å². The van der Waals surface area contributed by atoms with Crippen molar-refractivity contribution >= 4 is 11.3 Å². The van der Waals surface area contributed by atoms with E-state index in [0.29, 0.717) is 18.1 Å². The van der Waals surface area contributed by atoms with Gasteiger partial charge in [-0.2, -0.15) is 14.0 Å². The number of halogens is 3. The van der Waals surface area contributed by atoms with Crippen LogP contribution in [0.4, 0.5) is 13.2 Å². The smallest absolute Gasteiger partial charge is 0.302 e. The Morgan fingerprint density at radius 3 is 2.60 bits per heavy atom. The molecule has 9 heteroatoms. The second kappa shape index (κ2) is 6.88. The Hall–Kier alpha value is -2.34. The molecule has 2 aromatic rings. The molecule has 3 heterocycles. The second-order valence-corrected chi connectivity index (χ2v) is 6.63. The van der Waals surface area contributed by atoms with Crippen LogP contribution in [0.15, 0.2) is 22.4 Å². The molecule has 2 aromatic heterocycles. The number of aromatic nitrogens is 2. The predicted octanol–water partition coefficient (Wildman–Crippen LogP) is 3.03. The molecular formula is C16H15F3N4OS. The summed E-state index contributed by atoms with van der Waals surface area (Å²) in [5.74, 6) is -3.91. The van der Waals surface area contributed by atoms with Crippen molar-refractivity contribution in [1.82, 2.24) is 9.66 Å². The Bertz CT molecular complexity index is 851. The van der Waals surface area contributed by atoms with Gasteiger partial charge in [0.25, 0.3) is 5.56 Å². The van der Waals surface area contributed by atoms with Gasteiger partial charge in [-0.3, -0.25) is 4.79 Å². The maximum Gasteiger partial charge on any atom is 0.302 e. The highest BCUT2D eigenvalue weighted by molar-refractivity contribution is 7.13. The number of thiazole rings is 1. The van der Waals surface area contributed by atoms with Crippen molar-refractivity contribution in [3.05, 3.63) is 39.1 Å². The molecule has 1 aliphatic heterocycles. The Kier molecular flexibility index (Phi) is 4.81. The molecule has 0 spiro atoms. The third kappa shape index (κ3) is 3.14. The average molecular weight is 368 g/mol. The highest BCUT2D eigenvalue weighted by atomic mass is 32.1. The van der Waals surface area contributed by atoms with E-state index >= 15 is 0 Å². The lowest BCUT2D eigenvalue weighted by Gasteiger charge is -2.32. The monoisotopic (exact) mass is 368 g/mol. The van der Waals surface area contributed by atoms with E-state index in [1.54, 1.807) is 10.4 Å². The van der Waals surface area contributed by atoms with Gasteiger partial charge >= 0.3 is 5.92 Å². The zero-order valence-electron chi connectivity index (χ0n) is 13.2. The summed E-state index contributed by atoms with van der Waals surface area (Å²) in [5, 5.41) is 13.0. The van der Waals surface area contributed by atoms with E-state index < -0.39 is 29.3 Å². The van der Waals surface area contributed by atoms with Crippen LogP contribution in [0.1, 0.15) is 30.4 Å². The number of piperidine rings is 1. The molecule has 25 heavy (non-hydrogen) atoms. The molecule has 0 aromatic carbocycles. The van der Waals surface area contributed by atoms with Gasteiger partial charge in [-0.25, -0.2) is 14.1 Å². The molecule has 0 atom stereocenters. The Morgan fingerprint density at radius 2 is 2.04 bits per heavy atom. The third-order valence-corrected chi connectivity index (χ3v) is 4.92. The highest BCUT2D eigenvalue weighted by Gasteiger charge is 2.38. The number of nitrogens with zero attached hydrogens (tertiary/aromatic N) is 4. The van der Waals surface area contributed by atoms with Crippen LogP contribution in [0.3, 0.4) is 0 Å². The van der Waals surface area contributed by atoms with Crippen molar-refractivity contribution in [3.63, 3.8) is 0 Å². The van der Waals surface area contributed by atoms with Crippen molar-refractivity contribution in [2.45, 2.75) is 25.2 Å². The van der Waals surface area contributed by atoms with Crippen LogP contribution in [0.2, 0.25) is 0 Å². The van der Waals surface area contributed by atoms with Crippen molar-refractivity contribution < 1.29 is 13.2 Å². The Morgan fingerprint density at radius 1 is 1.32 bits per heavy atom. The van der Waals surface area contributed by atoms with Crippen LogP contribution in [0.25, 0.3) is 10.7 Å². The number of pyridine rings is 1. The molecule has 1 aliphatic rings.